The SMILES string of the molecule is Cc1cc2ccc(N)cc2nc1C(=O)O. The van der Waals surface area contributed by atoms with Gasteiger partial charge in [-0.05, 0) is 30.7 Å². The lowest BCUT2D eigenvalue weighted by molar-refractivity contribution is 0.0690. The van der Waals surface area contributed by atoms with Crippen LogP contribution in [0.25, 0.3) is 10.9 Å². The number of rotatable bonds is 1. The maximum Gasteiger partial charge on any atom is 0.354 e. The molecule has 0 unspecified atom stereocenters. The molecule has 0 aliphatic carbocycles. The monoisotopic (exact) mass is 202 g/mol. The van der Waals surface area contributed by atoms with Gasteiger partial charge in [0.05, 0.1) is 5.52 Å². The topological polar surface area (TPSA) is 76.2 Å². The molecule has 1 aromatic heterocycles. The summed E-state index contributed by atoms with van der Waals surface area (Å²) in [6, 6.07) is 7.06. The van der Waals surface area contributed by atoms with E-state index in [1.54, 1.807) is 25.1 Å². The van der Waals surface area contributed by atoms with Crippen LogP contribution in [0.5, 0.6) is 0 Å². The van der Waals surface area contributed by atoms with Crippen LogP contribution in [0.3, 0.4) is 0 Å². The summed E-state index contributed by atoms with van der Waals surface area (Å²) in [5.41, 5.74) is 7.52. The van der Waals surface area contributed by atoms with Crippen molar-refractivity contribution in [1.82, 2.24) is 4.98 Å². The molecule has 3 N–H and O–H groups in total. The minimum absolute atomic E-state index is 0.0769. The normalized spacial score (nSPS) is 10.5. The molecule has 0 atom stereocenters. The van der Waals surface area contributed by atoms with Crippen LogP contribution in [0.4, 0.5) is 5.69 Å². The first-order chi connectivity index (χ1) is 7.08. The number of hydrogen-bond donors (Lipinski definition) is 2. The van der Waals surface area contributed by atoms with Crippen LogP contribution in [-0.2, 0) is 0 Å². The Hall–Kier alpha value is -2.10. The predicted molar refractivity (Wildman–Crippen MR) is 57.9 cm³/mol. The first-order valence-electron chi connectivity index (χ1n) is 4.48. The molecule has 0 amide bonds. The summed E-state index contributed by atoms with van der Waals surface area (Å²) >= 11 is 0. The van der Waals surface area contributed by atoms with E-state index < -0.39 is 5.97 Å². The summed E-state index contributed by atoms with van der Waals surface area (Å²) in [6.07, 6.45) is 0. The van der Waals surface area contributed by atoms with E-state index in [2.05, 4.69) is 4.98 Å². The molecule has 2 aromatic rings. The Morgan fingerprint density at radius 3 is 2.80 bits per heavy atom. The van der Waals surface area contributed by atoms with Gasteiger partial charge in [0.1, 0.15) is 0 Å². The van der Waals surface area contributed by atoms with Gasteiger partial charge in [-0.1, -0.05) is 6.07 Å². The van der Waals surface area contributed by atoms with E-state index in [1.807, 2.05) is 6.07 Å². The predicted octanol–water partition coefficient (Wildman–Crippen LogP) is 1.82. The number of nitrogens with zero attached hydrogens (tertiary/aromatic N) is 1. The van der Waals surface area contributed by atoms with Crippen LogP contribution in [0.2, 0.25) is 0 Å². The minimum atomic E-state index is -1.02. The van der Waals surface area contributed by atoms with Gasteiger partial charge in [-0.15, -0.1) is 0 Å². The highest BCUT2D eigenvalue weighted by molar-refractivity contribution is 5.92. The highest BCUT2D eigenvalue weighted by Gasteiger charge is 2.10. The molecule has 2 rings (SSSR count). The van der Waals surface area contributed by atoms with E-state index in [9.17, 15) is 4.79 Å². The summed E-state index contributed by atoms with van der Waals surface area (Å²) in [5.74, 6) is -1.02. The molecule has 0 aliphatic heterocycles. The van der Waals surface area contributed by atoms with Crippen molar-refractivity contribution in [1.29, 1.82) is 0 Å². The molecule has 15 heavy (non-hydrogen) atoms. The second-order valence-electron chi connectivity index (χ2n) is 3.41. The van der Waals surface area contributed by atoms with E-state index in [0.717, 1.165) is 5.39 Å². The van der Waals surface area contributed by atoms with Gasteiger partial charge in [0, 0.05) is 11.1 Å². The average molecular weight is 202 g/mol. The molecular formula is C11H10N2O2. The lowest BCUT2D eigenvalue weighted by Crippen LogP contribution is -2.03. The van der Waals surface area contributed by atoms with E-state index in [0.29, 0.717) is 16.8 Å². The molecule has 0 saturated carbocycles. The Morgan fingerprint density at radius 1 is 1.40 bits per heavy atom. The average Bonchev–Trinajstić information content (AvgIpc) is 2.17. The number of benzene rings is 1. The number of aryl methyl sites for hydroxylation is 1. The van der Waals surface area contributed by atoms with Crippen LogP contribution in [0.15, 0.2) is 24.3 Å². The number of pyridine rings is 1. The Kier molecular flexibility index (Phi) is 2.04. The highest BCUT2D eigenvalue weighted by atomic mass is 16.4. The Bertz CT molecular complexity index is 550. The van der Waals surface area contributed by atoms with Gasteiger partial charge >= 0.3 is 5.97 Å². The molecule has 4 nitrogen and oxygen atoms in total. The molecule has 0 fully saturated rings. The van der Waals surface area contributed by atoms with E-state index in [4.69, 9.17) is 10.8 Å². The van der Waals surface area contributed by atoms with E-state index in [-0.39, 0.29) is 5.69 Å². The Labute approximate surface area is 86.4 Å². The first kappa shape index (κ1) is 9.45. The fourth-order valence-electron chi connectivity index (χ4n) is 1.51. The largest absolute Gasteiger partial charge is 0.477 e. The zero-order valence-electron chi connectivity index (χ0n) is 8.19. The third kappa shape index (κ3) is 1.61. The van der Waals surface area contributed by atoms with Crippen LogP contribution in [-0.4, -0.2) is 16.1 Å². The van der Waals surface area contributed by atoms with Gasteiger partial charge in [0.25, 0.3) is 0 Å². The molecule has 4 heteroatoms. The van der Waals surface area contributed by atoms with Gasteiger partial charge in [0.15, 0.2) is 5.69 Å². The van der Waals surface area contributed by atoms with Crippen molar-refractivity contribution in [2.24, 2.45) is 0 Å². The number of carbonyl (C=O) groups is 1. The Balaban J connectivity index is 2.77. The quantitative estimate of drug-likeness (QED) is 0.691. The summed E-state index contributed by atoms with van der Waals surface area (Å²) in [4.78, 5) is 14.9. The van der Waals surface area contributed by atoms with Crippen LogP contribution >= 0.6 is 0 Å². The fraction of sp³-hybridized carbons (Fsp3) is 0.0909. The molecule has 1 aromatic carbocycles. The maximum absolute atomic E-state index is 10.9. The second-order valence-corrected chi connectivity index (χ2v) is 3.41. The Morgan fingerprint density at radius 2 is 2.13 bits per heavy atom. The number of carboxylic acid groups (broad SMARTS) is 1. The molecule has 0 saturated heterocycles. The number of aromatic carboxylic acids is 1. The smallest absolute Gasteiger partial charge is 0.354 e. The molecule has 1 heterocycles. The van der Waals surface area contributed by atoms with Gasteiger partial charge in [-0.25, -0.2) is 9.78 Å². The highest BCUT2D eigenvalue weighted by Crippen LogP contribution is 2.18. The number of nitrogens with two attached hydrogens (primary N) is 1. The summed E-state index contributed by atoms with van der Waals surface area (Å²) in [7, 11) is 0. The summed E-state index contributed by atoms with van der Waals surface area (Å²) in [6.45, 7) is 1.73. The van der Waals surface area contributed by atoms with E-state index in [1.165, 1.54) is 0 Å². The van der Waals surface area contributed by atoms with Gasteiger partial charge in [-0.3, -0.25) is 0 Å². The number of fused-ring (bicyclic) bond motifs is 1. The minimum Gasteiger partial charge on any atom is -0.477 e. The van der Waals surface area contributed by atoms with Crippen molar-refractivity contribution < 1.29 is 9.90 Å². The standard InChI is InChI=1S/C11H10N2O2/c1-6-4-7-2-3-8(12)5-9(7)13-10(6)11(14)15/h2-5H,12H2,1H3,(H,14,15). The number of nitrogen functional groups attached to an aromatic ring is 1. The number of carboxylic acids is 1. The van der Waals surface area contributed by atoms with Crippen molar-refractivity contribution in [2.45, 2.75) is 6.92 Å². The number of anilines is 1. The van der Waals surface area contributed by atoms with Gasteiger partial charge in [-0.2, -0.15) is 0 Å². The second kappa shape index (κ2) is 3.24. The van der Waals surface area contributed by atoms with Crippen molar-refractivity contribution in [2.75, 3.05) is 5.73 Å². The molecule has 76 valence electrons. The summed E-state index contributed by atoms with van der Waals surface area (Å²) in [5, 5.41) is 9.80. The lowest BCUT2D eigenvalue weighted by Gasteiger charge is -2.03. The summed E-state index contributed by atoms with van der Waals surface area (Å²) < 4.78 is 0. The van der Waals surface area contributed by atoms with Crippen molar-refractivity contribution in [3.8, 4) is 0 Å². The number of hydrogen-bond acceptors (Lipinski definition) is 3. The molecule has 0 radical (unpaired) electrons. The number of aromatic nitrogens is 1. The third-order valence-corrected chi connectivity index (χ3v) is 2.23. The van der Waals surface area contributed by atoms with Crippen LogP contribution < -0.4 is 5.73 Å². The third-order valence-electron chi connectivity index (χ3n) is 2.23. The fourth-order valence-corrected chi connectivity index (χ4v) is 1.51. The zero-order valence-corrected chi connectivity index (χ0v) is 8.19. The first-order valence-corrected chi connectivity index (χ1v) is 4.48. The van der Waals surface area contributed by atoms with Crippen molar-refractivity contribution >= 4 is 22.6 Å². The zero-order chi connectivity index (χ0) is 11.0. The lowest BCUT2D eigenvalue weighted by atomic mass is 10.1. The van der Waals surface area contributed by atoms with Gasteiger partial charge in [0.2, 0.25) is 0 Å². The van der Waals surface area contributed by atoms with Crippen LogP contribution in [0.1, 0.15) is 16.1 Å². The molecule has 0 spiro atoms. The van der Waals surface area contributed by atoms with Crippen molar-refractivity contribution in [3.63, 3.8) is 0 Å². The molecular weight excluding hydrogens is 192 g/mol. The van der Waals surface area contributed by atoms with Gasteiger partial charge < -0.3 is 10.8 Å². The molecule has 0 bridgehead atoms. The molecule has 0 aliphatic rings. The van der Waals surface area contributed by atoms with Crippen LogP contribution in [0, 0.1) is 6.92 Å². The maximum atomic E-state index is 10.9. The van der Waals surface area contributed by atoms with Crippen molar-refractivity contribution in [3.05, 3.63) is 35.5 Å². The van der Waals surface area contributed by atoms with E-state index >= 15 is 0 Å².